The molecule has 4 rings (SSSR count). The van der Waals surface area contributed by atoms with Crippen molar-refractivity contribution in [1.82, 2.24) is 10.3 Å². The van der Waals surface area contributed by atoms with Gasteiger partial charge >= 0.3 is 0 Å². The van der Waals surface area contributed by atoms with Gasteiger partial charge in [0.25, 0.3) is 6.43 Å². The summed E-state index contributed by atoms with van der Waals surface area (Å²) in [7, 11) is 0. The van der Waals surface area contributed by atoms with Crippen molar-refractivity contribution in [3.05, 3.63) is 77.5 Å². The minimum absolute atomic E-state index is 0.0154. The van der Waals surface area contributed by atoms with Gasteiger partial charge in [0.1, 0.15) is 11.9 Å². The zero-order valence-corrected chi connectivity index (χ0v) is 19.3. The van der Waals surface area contributed by atoms with Crippen molar-refractivity contribution in [2.75, 3.05) is 18.0 Å². The number of alkyl halides is 2. The molecule has 2 heterocycles. The number of anilines is 1. The molecule has 1 fully saturated rings. The molecule has 0 amide bonds. The second kappa shape index (κ2) is 10.8. The molecule has 36 heavy (non-hydrogen) atoms. The Bertz CT molecular complexity index is 1200. The molecular formula is C26H27F4N3O3. The first-order valence-corrected chi connectivity index (χ1v) is 11.5. The Morgan fingerprint density at radius 1 is 1.08 bits per heavy atom. The minimum Gasteiger partial charge on any atom is -0.505 e. The van der Waals surface area contributed by atoms with Crippen molar-refractivity contribution in [1.29, 1.82) is 0 Å². The van der Waals surface area contributed by atoms with Crippen molar-refractivity contribution in [2.45, 2.75) is 44.1 Å². The Labute approximate surface area is 205 Å². The summed E-state index contributed by atoms with van der Waals surface area (Å²) in [5.41, 5.74) is 0.154. The van der Waals surface area contributed by atoms with E-state index in [4.69, 9.17) is 0 Å². The molecule has 0 radical (unpaired) electrons. The molecule has 3 aromatic rings. The van der Waals surface area contributed by atoms with Crippen molar-refractivity contribution >= 4 is 5.69 Å². The van der Waals surface area contributed by atoms with Crippen LogP contribution in [-0.4, -0.2) is 51.5 Å². The van der Waals surface area contributed by atoms with Gasteiger partial charge in [0.2, 0.25) is 0 Å². The van der Waals surface area contributed by atoms with Gasteiger partial charge in [-0.05, 0) is 30.5 Å². The number of aromatic hydroxyl groups is 1. The number of aliphatic hydroxyl groups is 2. The molecule has 1 aliphatic heterocycles. The first kappa shape index (κ1) is 25.9. The molecule has 1 aromatic heterocycles. The molecule has 2 aromatic carbocycles. The highest BCUT2D eigenvalue weighted by Gasteiger charge is 2.46. The van der Waals surface area contributed by atoms with E-state index in [1.165, 1.54) is 12.3 Å². The largest absolute Gasteiger partial charge is 0.505 e. The molecule has 0 spiro atoms. The Hall–Kier alpha value is -3.21. The van der Waals surface area contributed by atoms with E-state index in [1.807, 2.05) is 30.3 Å². The average molecular weight is 506 g/mol. The molecule has 0 aliphatic carbocycles. The highest BCUT2D eigenvalue weighted by Crippen LogP contribution is 2.35. The van der Waals surface area contributed by atoms with Gasteiger partial charge in [-0.15, -0.1) is 0 Å². The van der Waals surface area contributed by atoms with E-state index in [9.17, 15) is 32.9 Å². The number of piperidine rings is 1. The van der Waals surface area contributed by atoms with Gasteiger partial charge < -0.3 is 25.5 Å². The summed E-state index contributed by atoms with van der Waals surface area (Å²) in [6, 6.07) is 12.1. The van der Waals surface area contributed by atoms with Crippen LogP contribution in [0, 0.1) is 11.6 Å². The van der Waals surface area contributed by atoms with Crippen LogP contribution in [0.1, 0.15) is 24.0 Å². The molecule has 4 N–H and O–H groups in total. The van der Waals surface area contributed by atoms with Crippen LogP contribution in [0.25, 0.3) is 11.3 Å². The van der Waals surface area contributed by atoms with Crippen LogP contribution < -0.4 is 10.2 Å². The fraction of sp³-hybridized carbons (Fsp3) is 0.346. The number of hydrogen-bond donors (Lipinski definition) is 4. The monoisotopic (exact) mass is 505 g/mol. The van der Waals surface area contributed by atoms with Crippen LogP contribution in [0.4, 0.5) is 23.2 Å². The van der Waals surface area contributed by atoms with Crippen LogP contribution in [0.5, 0.6) is 5.75 Å². The lowest BCUT2D eigenvalue weighted by atomic mass is 9.83. The first-order chi connectivity index (χ1) is 17.2. The Morgan fingerprint density at radius 2 is 1.83 bits per heavy atom. The lowest BCUT2D eigenvalue weighted by molar-refractivity contribution is -0.0658. The summed E-state index contributed by atoms with van der Waals surface area (Å²) in [5.74, 6) is -2.74. The van der Waals surface area contributed by atoms with Crippen LogP contribution in [0.2, 0.25) is 0 Å². The predicted octanol–water partition coefficient (Wildman–Crippen LogP) is 3.98. The molecule has 0 bridgehead atoms. The van der Waals surface area contributed by atoms with Crippen molar-refractivity contribution in [3.63, 3.8) is 0 Å². The van der Waals surface area contributed by atoms with Gasteiger partial charge in [0.15, 0.2) is 11.6 Å². The number of hydrogen-bond acceptors (Lipinski definition) is 6. The standard InChI is InChI=1S/C26H27F4N3O3/c27-19-11-23(35)20(28)10-18(19)21-9-17(14-34)22(13-31-21)33-8-4-7-26(15-33,24(36)25(29)30)32-12-16-5-2-1-3-6-16/h1-3,5-6,9-11,13,24-25,32,34-36H,4,7-8,12,14-15H2/t24-,26-/m1/s1. The van der Waals surface area contributed by atoms with Crippen LogP contribution in [0.3, 0.4) is 0 Å². The summed E-state index contributed by atoms with van der Waals surface area (Å²) in [4.78, 5) is 5.97. The number of phenols is 1. The molecule has 1 aliphatic rings. The highest BCUT2D eigenvalue weighted by molar-refractivity contribution is 5.66. The quantitative estimate of drug-likeness (QED) is 0.347. The normalized spacial score (nSPS) is 19.0. The fourth-order valence-corrected chi connectivity index (χ4v) is 4.68. The zero-order valence-electron chi connectivity index (χ0n) is 19.3. The zero-order chi connectivity index (χ0) is 25.9. The van der Waals surface area contributed by atoms with Gasteiger partial charge in [-0.2, -0.15) is 0 Å². The van der Waals surface area contributed by atoms with Crippen LogP contribution in [0.15, 0.2) is 54.7 Å². The second-order valence-electron chi connectivity index (χ2n) is 8.94. The average Bonchev–Trinajstić information content (AvgIpc) is 2.89. The predicted molar refractivity (Wildman–Crippen MR) is 127 cm³/mol. The number of pyridine rings is 1. The third kappa shape index (κ3) is 5.30. The van der Waals surface area contributed by atoms with E-state index in [1.54, 1.807) is 4.90 Å². The topological polar surface area (TPSA) is 88.9 Å². The first-order valence-electron chi connectivity index (χ1n) is 11.5. The minimum atomic E-state index is -2.97. The fourth-order valence-electron chi connectivity index (χ4n) is 4.68. The van der Waals surface area contributed by atoms with E-state index >= 15 is 0 Å². The third-order valence-electron chi connectivity index (χ3n) is 6.61. The summed E-state index contributed by atoms with van der Waals surface area (Å²) in [6.45, 7) is 0.280. The Morgan fingerprint density at radius 3 is 2.53 bits per heavy atom. The van der Waals surface area contributed by atoms with E-state index in [-0.39, 0.29) is 24.3 Å². The van der Waals surface area contributed by atoms with Crippen LogP contribution in [-0.2, 0) is 13.2 Å². The molecule has 192 valence electrons. The lowest BCUT2D eigenvalue weighted by Gasteiger charge is -2.47. The number of benzene rings is 2. The molecular weight excluding hydrogens is 478 g/mol. The second-order valence-corrected chi connectivity index (χ2v) is 8.94. The number of rotatable bonds is 8. The van der Waals surface area contributed by atoms with Crippen molar-refractivity contribution < 1.29 is 32.9 Å². The van der Waals surface area contributed by atoms with E-state index < -0.39 is 42.1 Å². The number of aromatic nitrogens is 1. The summed E-state index contributed by atoms with van der Waals surface area (Å²) >= 11 is 0. The maximum Gasteiger partial charge on any atom is 0.265 e. The number of nitrogens with zero attached hydrogens (tertiary/aromatic N) is 2. The third-order valence-corrected chi connectivity index (χ3v) is 6.61. The smallest absolute Gasteiger partial charge is 0.265 e. The van der Waals surface area contributed by atoms with Crippen molar-refractivity contribution in [3.8, 4) is 17.0 Å². The molecule has 0 saturated carbocycles. The van der Waals surface area contributed by atoms with Gasteiger partial charge in [-0.25, -0.2) is 17.6 Å². The highest BCUT2D eigenvalue weighted by atomic mass is 19.3. The van der Waals surface area contributed by atoms with Gasteiger partial charge in [-0.3, -0.25) is 4.98 Å². The van der Waals surface area contributed by atoms with Crippen LogP contribution >= 0.6 is 0 Å². The van der Waals surface area contributed by atoms with Gasteiger partial charge in [0, 0.05) is 36.8 Å². The number of aliphatic hydroxyl groups excluding tert-OH is 2. The number of halogens is 4. The van der Waals surface area contributed by atoms with Gasteiger partial charge in [0.05, 0.1) is 29.7 Å². The maximum absolute atomic E-state index is 14.4. The molecule has 2 atom stereocenters. The molecule has 10 heteroatoms. The van der Waals surface area contributed by atoms with E-state index in [0.717, 1.165) is 11.6 Å². The number of phenolic OH excluding ortho intramolecular Hbond substituents is 1. The summed E-state index contributed by atoms with van der Waals surface area (Å²) in [5, 5.41) is 33.1. The van der Waals surface area contributed by atoms with E-state index in [2.05, 4.69) is 10.3 Å². The van der Waals surface area contributed by atoms with Gasteiger partial charge in [-0.1, -0.05) is 30.3 Å². The van der Waals surface area contributed by atoms with E-state index in [0.29, 0.717) is 36.7 Å². The maximum atomic E-state index is 14.4. The van der Waals surface area contributed by atoms with Crippen molar-refractivity contribution in [2.24, 2.45) is 0 Å². The summed E-state index contributed by atoms with van der Waals surface area (Å²) < 4.78 is 55.7. The molecule has 1 saturated heterocycles. The molecule has 6 nitrogen and oxygen atoms in total. The lowest BCUT2D eigenvalue weighted by Crippen LogP contribution is -2.65. The number of nitrogens with one attached hydrogen (secondary N) is 1. The molecule has 0 unspecified atom stereocenters. The Kier molecular flexibility index (Phi) is 7.77. The Balaban J connectivity index is 1.64. The summed E-state index contributed by atoms with van der Waals surface area (Å²) in [6.07, 6.45) is -2.76. The SMILES string of the molecule is OCc1cc(-c2cc(F)c(O)cc2F)ncc1N1CCC[C@](NCc2ccccc2)([C@H](O)C(F)F)C1.